The standard InChI is InChI=1S/C15H31N3O2S/c1-14(2)12-17(15(3,4)11-16-14)9-13-7-6-8-18(10-13)21(5,19)20/h13,16H,6-12H2,1-5H3. The van der Waals surface area contributed by atoms with Crippen molar-refractivity contribution in [3.8, 4) is 0 Å². The number of hydrogen-bond donors (Lipinski definition) is 1. The quantitative estimate of drug-likeness (QED) is 0.847. The number of rotatable bonds is 3. The molecular weight excluding hydrogens is 286 g/mol. The van der Waals surface area contributed by atoms with Crippen molar-refractivity contribution in [2.75, 3.05) is 39.0 Å². The Bertz CT molecular complexity index is 473. The molecule has 1 unspecified atom stereocenters. The highest BCUT2D eigenvalue weighted by molar-refractivity contribution is 7.88. The minimum absolute atomic E-state index is 0.126. The maximum Gasteiger partial charge on any atom is 0.211 e. The first kappa shape index (κ1) is 17.2. The van der Waals surface area contributed by atoms with Gasteiger partial charge in [0.15, 0.2) is 0 Å². The van der Waals surface area contributed by atoms with Gasteiger partial charge in [-0.1, -0.05) is 0 Å². The zero-order valence-corrected chi connectivity index (χ0v) is 15.0. The molecule has 2 aliphatic rings. The van der Waals surface area contributed by atoms with Crippen LogP contribution in [0.5, 0.6) is 0 Å². The first-order valence-electron chi connectivity index (χ1n) is 7.95. The predicted molar refractivity (Wildman–Crippen MR) is 86.9 cm³/mol. The summed E-state index contributed by atoms with van der Waals surface area (Å²) < 4.78 is 25.2. The monoisotopic (exact) mass is 317 g/mol. The molecule has 0 amide bonds. The molecule has 124 valence electrons. The van der Waals surface area contributed by atoms with Gasteiger partial charge in [-0.3, -0.25) is 4.90 Å². The van der Waals surface area contributed by atoms with E-state index in [1.165, 1.54) is 6.26 Å². The van der Waals surface area contributed by atoms with Gasteiger partial charge in [0.25, 0.3) is 0 Å². The van der Waals surface area contributed by atoms with Gasteiger partial charge in [0.1, 0.15) is 0 Å². The molecule has 0 aromatic rings. The summed E-state index contributed by atoms with van der Waals surface area (Å²) in [5, 5.41) is 3.60. The fraction of sp³-hybridized carbons (Fsp3) is 1.00. The van der Waals surface area contributed by atoms with E-state index in [9.17, 15) is 8.42 Å². The van der Waals surface area contributed by atoms with Crippen molar-refractivity contribution in [1.29, 1.82) is 0 Å². The zero-order valence-electron chi connectivity index (χ0n) is 14.1. The minimum atomic E-state index is -3.05. The van der Waals surface area contributed by atoms with E-state index in [1.807, 2.05) is 0 Å². The molecular formula is C15H31N3O2S. The summed E-state index contributed by atoms with van der Waals surface area (Å²) in [7, 11) is -3.05. The maximum absolute atomic E-state index is 11.8. The highest BCUT2D eigenvalue weighted by Crippen LogP contribution is 2.27. The summed E-state index contributed by atoms with van der Waals surface area (Å²) in [6.45, 7) is 13.4. The van der Waals surface area contributed by atoms with Gasteiger partial charge in [0.2, 0.25) is 10.0 Å². The van der Waals surface area contributed by atoms with E-state index in [0.29, 0.717) is 19.0 Å². The van der Waals surface area contributed by atoms with Gasteiger partial charge in [0, 0.05) is 43.8 Å². The van der Waals surface area contributed by atoms with Crippen LogP contribution in [-0.2, 0) is 10.0 Å². The number of sulfonamides is 1. The Morgan fingerprint density at radius 3 is 2.52 bits per heavy atom. The van der Waals surface area contributed by atoms with E-state index >= 15 is 0 Å². The Morgan fingerprint density at radius 2 is 1.90 bits per heavy atom. The van der Waals surface area contributed by atoms with Crippen LogP contribution in [0.4, 0.5) is 0 Å². The van der Waals surface area contributed by atoms with Gasteiger partial charge in [-0.2, -0.15) is 0 Å². The van der Waals surface area contributed by atoms with Crippen LogP contribution in [0, 0.1) is 5.92 Å². The summed E-state index contributed by atoms with van der Waals surface area (Å²) in [6, 6.07) is 0. The Kier molecular flexibility index (Phi) is 4.74. The fourth-order valence-electron chi connectivity index (χ4n) is 3.41. The zero-order chi connectivity index (χ0) is 15.9. The van der Waals surface area contributed by atoms with Crippen LogP contribution >= 0.6 is 0 Å². The second-order valence-corrected chi connectivity index (χ2v) is 10.0. The smallest absolute Gasteiger partial charge is 0.211 e. The van der Waals surface area contributed by atoms with Crippen LogP contribution < -0.4 is 5.32 Å². The number of hydrogen-bond acceptors (Lipinski definition) is 4. The minimum Gasteiger partial charge on any atom is -0.309 e. The average Bonchev–Trinajstić information content (AvgIpc) is 2.34. The lowest BCUT2D eigenvalue weighted by Gasteiger charge is -2.51. The first-order valence-corrected chi connectivity index (χ1v) is 9.80. The maximum atomic E-state index is 11.8. The molecule has 6 heteroatoms. The van der Waals surface area contributed by atoms with Gasteiger partial charge in [-0.15, -0.1) is 0 Å². The normalized spacial score (nSPS) is 31.2. The predicted octanol–water partition coefficient (Wildman–Crippen LogP) is 1.12. The molecule has 5 nitrogen and oxygen atoms in total. The molecule has 2 heterocycles. The van der Waals surface area contributed by atoms with Crippen LogP contribution in [0.3, 0.4) is 0 Å². The molecule has 21 heavy (non-hydrogen) atoms. The summed E-state index contributed by atoms with van der Waals surface area (Å²) in [6.07, 6.45) is 3.44. The third-order valence-corrected chi connectivity index (χ3v) is 6.14. The van der Waals surface area contributed by atoms with Crippen molar-refractivity contribution >= 4 is 10.0 Å². The lowest BCUT2D eigenvalue weighted by molar-refractivity contribution is 0.0194. The highest BCUT2D eigenvalue weighted by atomic mass is 32.2. The van der Waals surface area contributed by atoms with Gasteiger partial charge < -0.3 is 5.32 Å². The largest absolute Gasteiger partial charge is 0.309 e. The van der Waals surface area contributed by atoms with E-state index in [0.717, 1.165) is 32.5 Å². The molecule has 2 rings (SSSR count). The molecule has 0 saturated carbocycles. The summed E-state index contributed by atoms with van der Waals surface area (Å²) >= 11 is 0. The molecule has 0 spiro atoms. The van der Waals surface area contributed by atoms with Crippen molar-refractivity contribution in [3.63, 3.8) is 0 Å². The summed E-state index contributed by atoms with van der Waals surface area (Å²) in [4.78, 5) is 2.54. The number of nitrogens with one attached hydrogen (secondary N) is 1. The van der Waals surface area contributed by atoms with E-state index in [1.54, 1.807) is 4.31 Å². The van der Waals surface area contributed by atoms with Crippen LogP contribution in [-0.4, -0.2) is 67.7 Å². The van der Waals surface area contributed by atoms with Crippen LogP contribution in [0.2, 0.25) is 0 Å². The topological polar surface area (TPSA) is 52.7 Å². The third kappa shape index (κ3) is 4.41. The molecule has 0 radical (unpaired) electrons. The van der Waals surface area contributed by atoms with Crippen LogP contribution in [0.15, 0.2) is 0 Å². The number of piperidine rings is 1. The van der Waals surface area contributed by atoms with Gasteiger partial charge in [0.05, 0.1) is 6.26 Å². The van der Waals surface area contributed by atoms with E-state index < -0.39 is 10.0 Å². The average molecular weight is 317 g/mol. The third-order valence-electron chi connectivity index (χ3n) is 4.87. The molecule has 0 bridgehead atoms. The summed E-state index contributed by atoms with van der Waals surface area (Å²) in [5.41, 5.74) is 0.254. The number of piperazine rings is 1. The summed E-state index contributed by atoms with van der Waals surface area (Å²) in [5.74, 6) is 0.446. The van der Waals surface area contributed by atoms with E-state index in [4.69, 9.17) is 0 Å². The van der Waals surface area contributed by atoms with Crippen molar-refractivity contribution in [1.82, 2.24) is 14.5 Å². The molecule has 0 aromatic carbocycles. The molecule has 2 fully saturated rings. The van der Waals surface area contributed by atoms with Crippen molar-refractivity contribution in [2.45, 2.75) is 51.6 Å². The Hall–Kier alpha value is -0.170. The van der Waals surface area contributed by atoms with E-state index in [-0.39, 0.29) is 11.1 Å². The Morgan fingerprint density at radius 1 is 1.24 bits per heavy atom. The molecule has 0 aliphatic carbocycles. The van der Waals surface area contributed by atoms with Crippen molar-refractivity contribution in [3.05, 3.63) is 0 Å². The van der Waals surface area contributed by atoms with Crippen molar-refractivity contribution < 1.29 is 8.42 Å². The second-order valence-electron chi connectivity index (χ2n) is 8.06. The lowest BCUT2D eigenvalue weighted by Crippen LogP contribution is -2.67. The first-order chi connectivity index (χ1) is 9.50. The SMILES string of the molecule is CC1(C)CN(CC2CCCN(S(C)(=O)=O)C2)C(C)(C)CN1. The van der Waals surface area contributed by atoms with Crippen molar-refractivity contribution in [2.24, 2.45) is 5.92 Å². The Balaban J connectivity index is 2.02. The molecule has 0 aromatic heterocycles. The highest BCUT2D eigenvalue weighted by Gasteiger charge is 2.39. The lowest BCUT2D eigenvalue weighted by atomic mass is 9.89. The molecule has 1 atom stereocenters. The molecule has 2 aliphatic heterocycles. The van der Waals surface area contributed by atoms with Gasteiger partial charge >= 0.3 is 0 Å². The van der Waals surface area contributed by atoms with Crippen LogP contribution in [0.1, 0.15) is 40.5 Å². The van der Waals surface area contributed by atoms with Gasteiger partial charge in [-0.25, -0.2) is 12.7 Å². The fourth-order valence-corrected chi connectivity index (χ4v) is 4.36. The van der Waals surface area contributed by atoms with E-state index in [2.05, 4.69) is 37.9 Å². The number of nitrogens with zero attached hydrogens (tertiary/aromatic N) is 2. The molecule has 2 saturated heterocycles. The Labute approximate surface area is 130 Å². The van der Waals surface area contributed by atoms with Crippen LogP contribution in [0.25, 0.3) is 0 Å². The molecule has 1 N–H and O–H groups in total. The second kappa shape index (κ2) is 5.80. The van der Waals surface area contributed by atoms with Gasteiger partial charge in [-0.05, 0) is 46.5 Å².